The van der Waals surface area contributed by atoms with Crippen molar-refractivity contribution in [1.82, 2.24) is 0 Å². The quantitative estimate of drug-likeness (QED) is 0.759. The van der Waals surface area contributed by atoms with Gasteiger partial charge in [0.1, 0.15) is 12.3 Å². The van der Waals surface area contributed by atoms with Crippen LogP contribution in [0.2, 0.25) is 0 Å². The molecule has 0 heterocycles. The van der Waals surface area contributed by atoms with Crippen LogP contribution in [0.15, 0.2) is 42.5 Å². The third-order valence-electron chi connectivity index (χ3n) is 3.62. The molecule has 118 valence electrons. The van der Waals surface area contributed by atoms with Crippen LogP contribution in [0.4, 0.5) is 0 Å². The Bertz CT molecular complexity index is 581. The molecule has 0 saturated carbocycles. The van der Waals surface area contributed by atoms with Crippen LogP contribution < -0.4 is 19.5 Å². The zero-order chi connectivity index (χ0) is 15.8. The minimum Gasteiger partial charge on any atom is -0.497 e. The number of nitrogens with two attached hydrogens (primary N) is 1. The predicted molar refractivity (Wildman–Crippen MR) is 86.7 cm³/mol. The summed E-state index contributed by atoms with van der Waals surface area (Å²) in [6, 6.07) is 14.3. The van der Waals surface area contributed by atoms with Crippen molar-refractivity contribution in [2.24, 2.45) is 0 Å². The van der Waals surface area contributed by atoms with Crippen LogP contribution >= 0.6 is 0 Å². The minimum atomic E-state index is 0.772. The molecule has 0 atom stereocenters. The average molecular weight is 302 g/mol. The normalized spacial score (nSPS) is 10.3. The zero-order valence-electron chi connectivity index (χ0n) is 13.5. The first-order chi connectivity index (χ1) is 10.8. The van der Waals surface area contributed by atoms with Gasteiger partial charge in [-0.3, -0.25) is 0 Å². The molecule has 0 fully saturated rings. The van der Waals surface area contributed by atoms with Gasteiger partial charge in [0.05, 0.1) is 27.9 Å². The van der Waals surface area contributed by atoms with E-state index in [-0.39, 0.29) is 0 Å². The largest absolute Gasteiger partial charge is 0.497 e. The lowest BCUT2D eigenvalue weighted by atomic mass is 10.1. The number of ether oxygens (including phenoxy) is 3. The van der Waals surface area contributed by atoms with E-state index in [1.165, 1.54) is 11.1 Å². The first kappa shape index (κ1) is 16.2. The number of benzene rings is 2. The van der Waals surface area contributed by atoms with Crippen LogP contribution in [0, 0.1) is 0 Å². The highest BCUT2D eigenvalue weighted by molar-refractivity contribution is 5.42. The summed E-state index contributed by atoms with van der Waals surface area (Å²) in [5.41, 5.74) is 2.55. The summed E-state index contributed by atoms with van der Waals surface area (Å²) in [4.78, 5) is 0. The van der Waals surface area contributed by atoms with Crippen molar-refractivity contribution >= 4 is 0 Å². The third kappa shape index (κ3) is 4.40. The van der Waals surface area contributed by atoms with Crippen LogP contribution in [0.3, 0.4) is 0 Å². The molecule has 0 radical (unpaired) electrons. The van der Waals surface area contributed by atoms with Gasteiger partial charge < -0.3 is 19.5 Å². The Labute approximate surface area is 132 Å². The molecule has 0 aromatic heterocycles. The molecule has 0 unspecified atom stereocenters. The average Bonchev–Trinajstić information content (AvgIpc) is 2.59. The lowest BCUT2D eigenvalue weighted by Crippen LogP contribution is -2.83. The van der Waals surface area contributed by atoms with Crippen molar-refractivity contribution in [2.75, 3.05) is 27.9 Å². The zero-order valence-corrected chi connectivity index (χ0v) is 13.5. The van der Waals surface area contributed by atoms with E-state index < -0.39 is 0 Å². The van der Waals surface area contributed by atoms with Crippen LogP contribution in [-0.2, 0) is 13.0 Å². The van der Waals surface area contributed by atoms with E-state index in [2.05, 4.69) is 23.5 Å². The molecule has 2 rings (SSSR count). The number of rotatable bonds is 8. The van der Waals surface area contributed by atoms with Gasteiger partial charge in [-0.2, -0.15) is 0 Å². The summed E-state index contributed by atoms with van der Waals surface area (Å²) < 4.78 is 15.7. The van der Waals surface area contributed by atoms with Gasteiger partial charge in [0.2, 0.25) is 0 Å². The van der Waals surface area contributed by atoms with Gasteiger partial charge >= 0.3 is 0 Å². The summed E-state index contributed by atoms with van der Waals surface area (Å²) in [5, 5.41) is 2.30. The summed E-state index contributed by atoms with van der Waals surface area (Å²) in [6.07, 6.45) is 0.997. The maximum Gasteiger partial charge on any atom is 0.160 e. The lowest BCUT2D eigenvalue weighted by molar-refractivity contribution is -0.670. The van der Waals surface area contributed by atoms with Crippen molar-refractivity contribution in [3.05, 3.63) is 53.6 Å². The molecule has 0 amide bonds. The summed E-state index contributed by atoms with van der Waals surface area (Å²) in [6.45, 7) is 2.00. The first-order valence-electron chi connectivity index (χ1n) is 7.42. The van der Waals surface area contributed by atoms with Gasteiger partial charge in [0.15, 0.2) is 11.5 Å². The van der Waals surface area contributed by atoms with Crippen LogP contribution in [0.25, 0.3) is 0 Å². The number of methoxy groups -OCH3 is 3. The van der Waals surface area contributed by atoms with E-state index in [9.17, 15) is 0 Å². The van der Waals surface area contributed by atoms with Crippen molar-refractivity contribution in [3.8, 4) is 17.2 Å². The monoisotopic (exact) mass is 302 g/mol. The smallest absolute Gasteiger partial charge is 0.160 e. The molecular weight excluding hydrogens is 278 g/mol. The van der Waals surface area contributed by atoms with Crippen LogP contribution in [0.1, 0.15) is 11.1 Å². The molecule has 4 nitrogen and oxygen atoms in total. The molecular formula is C18H24NO3+. The first-order valence-corrected chi connectivity index (χ1v) is 7.42. The molecule has 0 aliphatic heterocycles. The van der Waals surface area contributed by atoms with Crippen LogP contribution in [-0.4, -0.2) is 27.9 Å². The molecule has 2 N–H and O–H groups in total. The Balaban J connectivity index is 1.80. The second-order valence-corrected chi connectivity index (χ2v) is 5.07. The van der Waals surface area contributed by atoms with Gasteiger partial charge in [-0.25, -0.2) is 0 Å². The fourth-order valence-electron chi connectivity index (χ4n) is 2.34. The van der Waals surface area contributed by atoms with Crippen molar-refractivity contribution < 1.29 is 19.5 Å². The Morgan fingerprint density at radius 3 is 2.09 bits per heavy atom. The van der Waals surface area contributed by atoms with E-state index in [0.29, 0.717) is 0 Å². The highest BCUT2D eigenvalue weighted by Crippen LogP contribution is 2.27. The fraction of sp³-hybridized carbons (Fsp3) is 0.333. The summed E-state index contributed by atoms with van der Waals surface area (Å²) >= 11 is 0. The maximum atomic E-state index is 5.33. The number of hydrogen-bond donors (Lipinski definition) is 1. The molecule has 0 aliphatic rings. The van der Waals surface area contributed by atoms with Gasteiger partial charge in [-0.15, -0.1) is 0 Å². The lowest BCUT2D eigenvalue weighted by Gasteiger charge is -2.09. The topological polar surface area (TPSA) is 44.3 Å². The van der Waals surface area contributed by atoms with Gasteiger partial charge in [0, 0.05) is 12.0 Å². The van der Waals surface area contributed by atoms with E-state index in [4.69, 9.17) is 14.2 Å². The molecule has 2 aromatic carbocycles. The van der Waals surface area contributed by atoms with Crippen LogP contribution in [0.5, 0.6) is 17.2 Å². The van der Waals surface area contributed by atoms with E-state index in [1.54, 1.807) is 21.3 Å². The maximum absolute atomic E-state index is 5.33. The van der Waals surface area contributed by atoms with E-state index >= 15 is 0 Å². The number of quaternary nitrogens is 1. The Kier molecular flexibility index (Phi) is 6.10. The van der Waals surface area contributed by atoms with E-state index in [0.717, 1.165) is 36.8 Å². The molecule has 0 spiro atoms. The molecule has 0 saturated heterocycles. The molecule has 0 bridgehead atoms. The van der Waals surface area contributed by atoms with Crippen molar-refractivity contribution in [1.29, 1.82) is 0 Å². The second-order valence-electron chi connectivity index (χ2n) is 5.07. The Hall–Kier alpha value is -2.20. The Morgan fingerprint density at radius 1 is 0.773 bits per heavy atom. The van der Waals surface area contributed by atoms with Gasteiger partial charge in [-0.05, 0) is 42.0 Å². The summed E-state index contributed by atoms with van der Waals surface area (Å²) in [5.74, 6) is 2.46. The van der Waals surface area contributed by atoms with Crippen molar-refractivity contribution in [2.45, 2.75) is 13.0 Å². The molecule has 22 heavy (non-hydrogen) atoms. The highest BCUT2D eigenvalue weighted by atomic mass is 16.5. The SMILES string of the molecule is COc1ccc(C[NH2+]CCc2ccc(OC)c(OC)c2)cc1. The number of hydrogen-bond acceptors (Lipinski definition) is 3. The molecule has 0 aliphatic carbocycles. The molecule has 4 heteroatoms. The molecule has 2 aromatic rings. The van der Waals surface area contributed by atoms with E-state index in [1.807, 2.05) is 24.3 Å². The highest BCUT2D eigenvalue weighted by Gasteiger charge is 2.05. The van der Waals surface area contributed by atoms with Gasteiger partial charge in [-0.1, -0.05) is 6.07 Å². The van der Waals surface area contributed by atoms with Crippen molar-refractivity contribution in [3.63, 3.8) is 0 Å². The fourth-order valence-corrected chi connectivity index (χ4v) is 2.34. The second kappa shape index (κ2) is 8.29. The standard InChI is InChI=1S/C18H23NO3/c1-20-16-7-4-15(5-8-16)13-19-11-10-14-6-9-17(21-2)18(12-14)22-3/h4-9,12,19H,10-11,13H2,1-3H3/p+1. The minimum absolute atomic E-state index is 0.772. The van der Waals surface area contributed by atoms with Gasteiger partial charge in [0.25, 0.3) is 0 Å². The Morgan fingerprint density at radius 2 is 1.45 bits per heavy atom. The predicted octanol–water partition coefficient (Wildman–Crippen LogP) is 2.02. The summed E-state index contributed by atoms with van der Waals surface area (Å²) in [7, 11) is 5.00. The third-order valence-corrected chi connectivity index (χ3v) is 3.62.